The van der Waals surface area contributed by atoms with Crippen molar-refractivity contribution >= 4 is 22.6 Å². The van der Waals surface area contributed by atoms with Crippen molar-refractivity contribution in [1.82, 2.24) is 10.9 Å². The molecule has 0 spiro atoms. The summed E-state index contributed by atoms with van der Waals surface area (Å²) in [5.41, 5.74) is 5.67. The molecular weight excluding hydrogens is 167 g/mol. The van der Waals surface area contributed by atoms with E-state index in [2.05, 4.69) is 33.4 Å². The van der Waals surface area contributed by atoms with E-state index < -0.39 is 0 Å². The summed E-state index contributed by atoms with van der Waals surface area (Å²) < 4.78 is 0.553. The highest BCUT2D eigenvalue weighted by Crippen LogP contribution is 1.95. The monoisotopic (exact) mass is 170 g/mol. The lowest BCUT2D eigenvalue weighted by Gasteiger charge is -1.46. The van der Waals surface area contributed by atoms with Crippen molar-refractivity contribution in [2.24, 2.45) is 0 Å². The Morgan fingerprint density at radius 2 is 1.75 bits per heavy atom. The van der Waals surface area contributed by atoms with Crippen LogP contribution in [0.5, 0.6) is 0 Å². The van der Waals surface area contributed by atoms with Crippen molar-refractivity contribution in [2.45, 2.75) is 4.17 Å². The Bertz CT molecular complexity index is 25.2. The van der Waals surface area contributed by atoms with Crippen LogP contribution < -0.4 is 10.9 Å². The second kappa shape index (κ2) is 0.803. The first kappa shape index (κ1) is 2.87. The summed E-state index contributed by atoms with van der Waals surface area (Å²) in [6, 6.07) is 0. The molecule has 3 heteroatoms. The molecule has 2 nitrogen and oxygen atoms in total. The topological polar surface area (TPSA) is 43.9 Å². The molecule has 1 aliphatic rings. The maximum Gasteiger partial charge on any atom is 0.136 e. The van der Waals surface area contributed by atoms with Crippen molar-refractivity contribution in [2.75, 3.05) is 0 Å². The fourth-order valence-electron chi connectivity index (χ4n) is 0.0315. The first-order chi connectivity index (χ1) is 1.89. The van der Waals surface area contributed by atoms with E-state index in [1.807, 2.05) is 0 Å². The highest BCUT2D eigenvalue weighted by molar-refractivity contribution is 14.1. The number of hydrogen-bond acceptors (Lipinski definition) is 2. The molecule has 0 saturated carbocycles. The van der Waals surface area contributed by atoms with Gasteiger partial charge < -0.3 is 0 Å². The van der Waals surface area contributed by atoms with Crippen LogP contribution in [0.3, 0.4) is 0 Å². The van der Waals surface area contributed by atoms with Crippen molar-refractivity contribution in [3.8, 4) is 0 Å². The molecule has 2 N–H and O–H groups in total. The molecule has 1 fully saturated rings. The second-order valence-corrected chi connectivity index (χ2v) is 1.90. The highest BCUT2D eigenvalue weighted by atomic mass is 127. The zero-order valence-corrected chi connectivity index (χ0v) is 4.11. The Balaban J connectivity index is 2.17. The van der Waals surface area contributed by atoms with E-state index in [1.54, 1.807) is 0 Å². The van der Waals surface area contributed by atoms with Gasteiger partial charge in [-0.25, -0.2) is 10.9 Å². The molecule has 0 aromatic heterocycles. The lowest BCUT2D eigenvalue weighted by molar-refractivity contribution is 1.17. The van der Waals surface area contributed by atoms with Crippen molar-refractivity contribution in [3.05, 3.63) is 0 Å². The fraction of sp³-hybridized carbons (Fsp3) is 1.00. The summed E-state index contributed by atoms with van der Waals surface area (Å²) in [7, 11) is 0. The highest BCUT2D eigenvalue weighted by Gasteiger charge is 2.10. The molecule has 0 bridgehead atoms. The molecule has 0 aromatic rings. The van der Waals surface area contributed by atoms with Crippen LogP contribution in [0, 0.1) is 0 Å². The summed E-state index contributed by atoms with van der Waals surface area (Å²) >= 11 is 2.23. The average molecular weight is 170 g/mol. The fourth-order valence-corrected chi connectivity index (χ4v) is 0.211. The second-order valence-electron chi connectivity index (χ2n) is 0.651. The van der Waals surface area contributed by atoms with Gasteiger partial charge in [0.2, 0.25) is 0 Å². The Kier molecular flexibility index (Phi) is 0.575. The van der Waals surface area contributed by atoms with Crippen molar-refractivity contribution in [3.63, 3.8) is 0 Å². The van der Waals surface area contributed by atoms with Crippen molar-refractivity contribution in [1.29, 1.82) is 0 Å². The van der Waals surface area contributed by atoms with Crippen LogP contribution in [0.1, 0.15) is 0 Å². The van der Waals surface area contributed by atoms with Gasteiger partial charge in [-0.05, 0) is 22.6 Å². The van der Waals surface area contributed by atoms with Crippen LogP contribution in [0.15, 0.2) is 0 Å². The summed E-state index contributed by atoms with van der Waals surface area (Å²) in [5, 5.41) is 0. The zero-order chi connectivity index (χ0) is 2.99. The Morgan fingerprint density at radius 3 is 1.75 bits per heavy atom. The first-order valence-electron chi connectivity index (χ1n) is 1.05. The summed E-state index contributed by atoms with van der Waals surface area (Å²) in [6.45, 7) is 0. The lowest BCUT2D eigenvalue weighted by Crippen LogP contribution is -1.71. The van der Waals surface area contributed by atoms with E-state index in [9.17, 15) is 0 Å². The third-order valence-corrected chi connectivity index (χ3v) is 0.876. The summed E-state index contributed by atoms with van der Waals surface area (Å²) in [6.07, 6.45) is 0. The van der Waals surface area contributed by atoms with Gasteiger partial charge in [0.25, 0.3) is 0 Å². The van der Waals surface area contributed by atoms with E-state index in [4.69, 9.17) is 0 Å². The SMILES string of the molecule is IC1NN1. The standard InChI is InChI=1S/CH3IN2/c2-1-3-4-1/h1,3-4H. The van der Waals surface area contributed by atoms with Gasteiger partial charge in [-0.15, -0.1) is 0 Å². The number of hydrogen-bond donors (Lipinski definition) is 2. The van der Waals surface area contributed by atoms with Crippen LogP contribution in [0.25, 0.3) is 0 Å². The maximum atomic E-state index is 2.83. The largest absolute Gasteiger partial charge is 0.229 e. The Hall–Kier alpha value is 0.650. The van der Waals surface area contributed by atoms with Gasteiger partial charge in [-0.2, -0.15) is 0 Å². The van der Waals surface area contributed by atoms with Gasteiger partial charge in [0.05, 0.1) is 0 Å². The summed E-state index contributed by atoms with van der Waals surface area (Å²) in [4.78, 5) is 0. The third kappa shape index (κ3) is 0.542. The van der Waals surface area contributed by atoms with E-state index in [1.165, 1.54) is 0 Å². The van der Waals surface area contributed by atoms with Crippen LogP contribution in [0.2, 0.25) is 0 Å². The van der Waals surface area contributed by atoms with E-state index in [0.29, 0.717) is 4.17 Å². The predicted octanol–water partition coefficient (Wildman–Crippen LogP) is -0.187. The predicted molar refractivity (Wildman–Crippen MR) is 24.1 cm³/mol. The molecule has 0 aromatic carbocycles. The van der Waals surface area contributed by atoms with Gasteiger partial charge in [0, 0.05) is 0 Å². The molecule has 1 rings (SSSR count). The number of nitrogens with one attached hydrogen (secondary N) is 2. The zero-order valence-electron chi connectivity index (χ0n) is 1.96. The molecule has 0 aliphatic carbocycles. The number of rotatable bonds is 0. The van der Waals surface area contributed by atoms with Crippen LogP contribution in [-0.2, 0) is 0 Å². The number of hydrazine groups is 1. The minimum Gasteiger partial charge on any atom is -0.229 e. The molecular formula is CH3IN2. The summed E-state index contributed by atoms with van der Waals surface area (Å²) in [5.74, 6) is 0. The van der Waals surface area contributed by atoms with Gasteiger partial charge >= 0.3 is 0 Å². The van der Waals surface area contributed by atoms with Crippen molar-refractivity contribution < 1.29 is 0 Å². The molecule has 4 heavy (non-hydrogen) atoms. The molecule has 24 valence electrons. The normalized spacial score (nSPS) is 26.2. The number of halogens is 1. The van der Waals surface area contributed by atoms with Crippen LogP contribution >= 0.6 is 22.6 Å². The van der Waals surface area contributed by atoms with Gasteiger partial charge in [-0.1, -0.05) is 0 Å². The molecule has 0 unspecified atom stereocenters. The van der Waals surface area contributed by atoms with E-state index in [-0.39, 0.29) is 0 Å². The Morgan fingerprint density at radius 1 is 1.50 bits per heavy atom. The molecule has 0 radical (unpaired) electrons. The molecule has 0 atom stereocenters. The van der Waals surface area contributed by atoms with Crippen LogP contribution in [-0.4, -0.2) is 4.17 Å². The minimum atomic E-state index is 0.553. The van der Waals surface area contributed by atoms with Crippen LogP contribution in [0.4, 0.5) is 0 Å². The third-order valence-electron chi connectivity index (χ3n) is 0.253. The van der Waals surface area contributed by atoms with Gasteiger partial charge in [-0.3, -0.25) is 0 Å². The molecule has 1 heterocycles. The smallest absolute Gasteiger partial charge is 0.136 e. The Labute approximate surface area is 38.1 Å². The average Bonchev–Trinajstić information content (AvgIpc) is 1.75. The quantitative estimate of drug-likeness (QED) is 0.229. The molecule has 0 amide bonds. The van der Waals surface area contributed by atoms with E-state index in [0.717, 1.165) is 0 Å². The van der Waals surface area contributed by atoms with Gasteiger partial charge in [0.1, 0.15) is 4.17 Å². The number of alkyl halides is 1. The van der Waals surface area contributed by atoms with Gasteiger partial charge in [0.15, 0.2) is 0 Å². The maximum absolute atomic E-state index is 2.83. The first-order valence-corrected chi connectivity index (χ1v) is 2.29. The molecule has 1 saturated heterocycles. The molecule has 1 aliphatic heterocycles. The lowest BCUT2D eigenvalue weighted by atomic mass is 11.4. The minimum absolute atomic E-state index is 0.553. The van der Waals surface area contributed by atoms with E-state index >= 15 is 0 Å².